The third-order valence-electron chi connectivity index (χ3n) is 5.57. The van der Waals surface area contributed by atoms with Crippen LogP contribution in [0, 0.1) is 13.8 Å². The van der Waals surface area contributed by atoms with Crippen LogP contribution >= 0.6 is 0 Å². The number of benzene rings is 1. The molecule has 2 heterocycles. The smallest absolute Gasteiger partial charge is 0.193 e. The molecule has 0 spiro atoms. The molecule has 1 atom stereocenters. The van der Waals surface area contributed by atoms with E-state index in [4.69, 9.17) is 9.47 Å². The fourth-order valence-electron chi connectivity index (χ4n) is 4.29. The number of hydrogen-bond donors (Lipinski definition) is 1. The standard InChI is InChI=1S/C22H28N2O4/c1-13-21(15(3)25)14(2)23-22(13)19(26)12-24-10-6-7-18(24)17-11-16(27-4)8-9-20(17)28-5/h8-9,11,18,23H,6-7,10,12H2,1-5H3/t18-/m0/s1. The lowest BCUT2D eigenvalue weighted by Gasteiger charge is -2.26. The van der Waals surface area contributed by atoms with E-state index in [1.165, 1.54) is 6.92 Å². The summed E-state index contributed by atoms with van der Waals surface area (Å²) in [6.07, 6.45) is 1.97. The Bertz CT molecular complexity index is 900. The number of methoxy groups -OCH3 is 2. The third kappa shape index (κ3) is 3.69. The number of hydrogen-bond acceptors (Lipinski definition) is 5. The van der Waals surface area contributed by atoms with E-state index in [1.807, 2.05) is 32.0 Å². The molecular formula is C22H28N2O4. The number of aromatic amines is 1. The number of nitrogens with zero attached hydrogens (tertiary/aromatic N) is 1. The molecule has 2 aromatic rings. The van der Waals surface area contributed by atoms with Crippen LogP contribution < -0.4 is 9.47 Å². The quantitative estimate of drug-likeness (QED) is 0.734. The number of aromatic nitrogens is 1. The van der Waals surface area contributed by atoms with Gasteiger partial charge >= 0.3 is 0 Å². The van der Waals surface area contributed by atoms with Crippen molar-refractivity contribution >= 4 is 11.6 Å². The molecule has 6 heteroatoms. The van der Waals surface area contributed by atoms with Crippen LogP contribution in [-0.2, 0) is 0 Å². The van der Waals surface area contributed by atoms with E-state index in [0.29, 0.717) is 17.8 Å². The van der Waals surface area contributed by atoms with E-state index in [0.717, 1.165) is 47.7 Å². The molecular weight excluding hydrogens is 356 g/mol. The van der Waals surface area contributed by atoms with Crippen LogP contribution in [0.25, 0.3) is 0 Å². The molecule has 0 saturated carbocycles. The molecule has 1 aromatic carbocycles. The highest BCUT2D eigenvalue weighted by molar-refractivity contribution is 6.04. The SMILES string of the molecule is COc1ccc(OC)c([C@@H]2CCCN2CC(=O)c2[nH]c(C)c(C(C)=O)c2C)c1. The molecule has 0 unspecified atom stereocenters. The molecule has 6 nitrogen and oxygen atoms in total. The van der Waals surface area contributed by atoms with Gasteiger partial charge in [0, 0.05) is 22.9 Å². The molecule has 0 aliphatic carbocycles. The molecule has 1 aromatic heterocycles. The normalized spacial score (nSPS) is 17.0. The first kappa shape index (κ1) is 20.1. The molecule has 1 saturated heterocycles. The Hall–Kier alpha value is -2.60. The molecule has 28 heavy (non-hydrogen) atoms. The Kier molecular flexibility index (Phi) is 5.89. The van der Waals surface area contributed by atoms with Crippen molar-refractivity contribution in [1.82, 2.24) is 9.88 Å². The average molecular weight is 384 g/mol. The van der Waals surface area contributed by atoms with Crippen molar-refractivity contribution in [2.45, 2.75) is 39.7 Å². The number of nitrogens with one attached hydrogen (secondary N) is 1. The number of Topliss-reactive ketones (excluding diaryl/α,β-unsaturated/α-hetero) is 2. The van der Waals surface area contributed by atoms with E-state index in [2.05, 4.69) is 9.88 Å². The van der Waals surface area contributed by atoms with Crippen LogP contribution in [0.2, 0.25) is 0 Å². The largest absolute Gasteiger partial charge is 0.497 e. The van der Waals surface area contributed by atoms with Crippen molar-refractivity contribution in [3.05, 3.63) is 46.3 Å². The van der Waals surface area contributed by atoms with Crippen molar-refractivity contribution < 1.29 is 19.1 Å². The van der Waals surface area contributed by atoms with Crippen LogP contribution in [-0.4, -0.2) is 48.8 Å². The number of carbonyl (C=O) groups excluding carboxylic acids is 2. The number of H-pyrrole nitrogens is 1. The summed E-state index contributed by atoms with van der Waals surface area (Å²) in [7, 11) is 3.30. The van der Waals surface area contributed by atoms with Gasteiger partial charge in [-0.25, -0.2) is 0 Å². The van der Waals surface area contributed by atoms with Crippen molar-refractivity contribution in [2.75, 3.05) is 27.3 Å². The molecule has 3 rings (SSSR count). The number of ether oxygens (including phenoxy) is 2. The van der Waals surface area contributed by atoms with Crippen LogP contribution in [0.3, 0.4) is 0 Å². The minimum Gasteiger partial charge on any atom is -0.497 e. The summed E-state index contributed by atoms with van der Waals surface area (Å²) in [6, 6.07) is 5.87. The fraction of sp³-hybridized carbons (Fsp3) is 0.455. The van der Waals surface area contributed by atoms with Gasteiger partial charge in [0.1, 0.15) is 11.5 Å². The van der Waals surface area contributed by atoms with Gasteiger partial charge in [0.05, 0.1) is 26.5 Å². The highest BCUT2D eigenvalue weighted by Crippen LogP contribution is 2.39. The number of likely N-dealkylation sites (tertiary alicyclic amines) is 1. The summed E-state index contributed by atoms with van der Waals surface area (Å²) in [5.74, 6) is 1.55. The van der Waals surface area contributed by atoms with E-state index in [1.54, 1.807) is 14.2 Å². The van der Waals surface area contributed by atoms with Crippen LogP contribution in [0.15, 0.2) is 18.2 Å². The van der Waals surface area contributed by atoms with Crippen molar-refractivity contribution in [3.8, 4) is 11.5 Å². The lowest BCUT2D eigenvalue weighted by Crippen LogP contribution is -2.30. The first-order valence-corrected chi connectivity index (χ1v) is 9.56. The molecule has 0 amide bonds. The van der Waals surface area contributed by atoms with Crippen LogP contribution in [0.5, 0.6) is 11.5 Å². The van der Waals surface area contributed by atoms with Crippen molar-refractivity contribution in [1.29, 1.82) is 0 Å². The average Bonchev–Trinajstić information content (AvgIpc) is 3.24. The number of aryl methyl sites for hydroxylation is 1. The maximum atomic E-state index is 13.0. The Morgan fingerprint density at radius 2 is 1.96 bits per heavy atom. The molecule has 1 aliphatic rings. The van der Waals surface area contributed by atoms with Crippen molar-refractivity contribution in [2.24, 2.45) is 0 Å². The summed E-state index contributed by atoms with van der Waals surface area (Å²) in [4.78, 5) is 30.2. The Morgan fingerprint density at radius 1 is 1.21 bits per heavy atom. The minimum atomic E-state index is -0.0227. The summed E-state index contributed by atoms with van der Waals surface area (Å²) >= 11 is 0. The molecule has 0 bridgehead atoms. The monoisotopic (exact) mass is 384 g/mol. The second-order valence-electron chi connectivity index (χ2n) is 7.34. The van der Waals surface area contributed by atoms with Crippen LogP contribution in [0.1, 0.15) is 63.5 Å². The first-order valence-electron chi connectivity index (χ1n) is 9.56. The lowest BCUT2D eigenvalue weighted by atomic mass is 10.0. The van der Waals surface area contributed by atoms with Crippen molar-refractivity contribution in [3.63, 3.8) is 0 Å². The molecule has 1 aliphatic heterocycles. The predicted molar refractivity (Wildman–Crippen MR) is 108 cm³/mol. The van der Waals surface area contributed by atoms with Gasteiger partial charge in [0.2, 0.25) is 0 Å². The van der Waals surface area contributed by atoms with Gasteiger partial charge in [0.15, 0.2) is 11.6 Å². The molecule has 150 valence electrons. The van der Waals surface area contributed by atoms with Gasteiger partial charge in [-0.15, -0.1) is 0 Å². The second kappa shape index (κ2) is 8.19. The summed E-state index contributed by atoms with van der Waals surface area (Å²) in [5.41, 5.74) is 3.68. The van der Waals surface area contributed by atoms with E-state index in [9.17, 15) is 9.59 Å². The lowest BCUT2D eigenvalue weighted by molar-refractivity contribution is 0.0915. The van der Waals surface area contributed by atoms with Crippen LogP contribution in [0.4, 0.5) is 0 Å². The zero-order chi connectivity index (χ0) is 20.4. The van der Waals surface area contributed by atoms with Gasteiger partial charge in [-0.3, -0.25) is 14.5 Å². The van der Waals surface area contributed by atoms with E-state index < -0.39 is 0 Å². The fourth-order valence-corrected chi connectivity index (χ4v) is 4.29. The number of ketones is 2. The highest BCUT2D eigenvalue weighted by atomic mass is 16.5. The zero-order valence-corrected chi connectivity index (χ0v) is 17.2. The third-order valence-corrected chi connectivity index (χ3v) is 5.57. The number of rotatable bonds is 7. The Labute approximate surface area is 165 Å². The van der Waals surface area contributed by atoms with Gasteiger partial charge in [-0.2, -0.15) is 0 Å². The summed E-state index contributed by atoms with van der Waals surface area (Å²) < 4.78 is 10.9. The van der Waals surface area contributed by atoms with E-state index >= 15 is 0 Å². The maximum Gasteiger partial charge on any atom is 0.193 e. The topological polar surface area (TPSA) is 71.6 Å². The summed E-state index contributed by atoms with van der Waals surface area (Å²) in [6.45, 7) is 6.33. The maximum absolute atomic E-state index is 13.0. The van der Waals surface area contributed by atoms with Gasteiger partial charge in [-0.05, 0) is 63.9 Å². The van der Waals surface area contributed by atoms with E-state index in [-0.39, 0.29) is 17.6 Å². The number of carbonyl (C=O) groups is 2. The highest BCUT2D eigenvalue weighted by Gasteiger charge is 2.31. The molecule has 1 fully saturated rings. The Morgan fingerprint density at radius 3 is 2.57 bits per heavy atom. The first-order chi connectivity index (χ1) is 13.4. The van der Waals surface area contributed by atoms with Gasteiger partial charge < -0.3 is 14.5 Å². The molecule has 0 radical (unpaired) electrons. The van der Waals surface area contributed by atoms with Gasteiger partial charge in [-0.1, -0.05) is 0 Å². The Balaban J connectivity index is 1.86. The second-order valence-corrected chi connectivity index (χ2v) is 7.34. The minimum absolute atomic E-state index is 0.00172. The molecule has 1 N–H and O–H groups in total. The van der Waals surface area contributed by atoms with Gasteiger partial charge in [0.25, 0.3) is 0 Å². The zero-order valence-electron chi connectivity index (χ0n) is 17.2. The summed E-state index contributed by atoms with van der Waals surface area (Å²) in [5, 5.41) is 0. The predicted octanol–water partition coefficient (Wildman–Crippen LogP) is 3.87.